The van der Waals surface area contributed by atoms with Crippen LogP contribution >= 0.6 is 43.5 Å². The van der Waals surface area contributed by atoms with Gasteiger partial charge in [-0.25, -0.2) is 4.98 Å². The van der Waals surface area contributed by atoms with Crippen molar-refractivity contribution in [3.05, 3.63) is 85.5 Å². The zero-order valence-corrected chi connectivity index (χ0v) is 21.7. The maximum absolute atomic E-state index is 13.2. The highest BCUT2D eigenvalue weighted by Gasteiger charge is 2.71. The van der Waals surface area contributed by atoms with Crippen molar-refractivity contribution in [2.45, 2.75) is 18.0 Å². The predicted molar refractivity (Wildman–Crippen MR) is 129 cm³/mol. The van der Waals surface area contributed by atoms with Crippen molar-refractivity contribution >= 4 is 66.6 Å². The van der Waals surface area contributed by atoms with Crippen LogP contribution in [0.3, 0.4) is 0 Å². The number of hydrogen-bond donors (Lipinski definition) is 3. The number of aliphatic hydroxyl groups is 1. The van der Waals surface area contributed by atoms with E-state index in [1.54, 1.807) is 0 Å². The summed E-state index contributed by atoms with van der Waals surface area (Å²) in [6, 6.07) is 9.24. The monoisotopic (exact) mass is 673 g/mol. The normalized spacial score (nSPS) is 12.3. The zero-order chi connectivity index (χ0) is 27.8. The Balaban J connectivity index is 1.87. The highest BCUT2D eigenvalue weighted by atomic mass is 79.9. The van der Waals surface area contributed by atoms with E-state index in [0.717, 1.165) is 0 Å². The first-order chi connectivity index (χ1) is 17.1. The quantitative estimate of drug-likeness (QED) is 0.199. The van der Waals surface area contributed by atoms with E-state index >= 15 is 0 Å². The van der Waals surface area contributed by atoms with Gasteiger partial charge in [0.05, 0.1) is 11.3 Å². The molecule has 1 aromatic heterocycles. The highest BCUT2D eigenvalue weighted by molar-refractivity contribution is 9.11. The lowest BCUT2D eigenvalue weighted by Gasteiger charge is -2.33. The fraction of sp³-hybridized carbons (Fsp3) is 0.136. The average molecular weight is 676 g/mol. The molecule has 3 rings (SSSR count). The smallest absolute Gasteiger partial charge is 0.369 e. The van der Waals surface area contributed by atoms with Crippen LogP contribution in [0.4, 0.5) is 37.7 Å². The summed E-state index contributed by atoms with van der Waals surface area (Å²) in [5, 5.41) is 14.5. The number of alkyl halides is 6. The largest absolute Gasteiger partial charge is 0.430 e. The fourth-order valence-corrected chi connectivity index (χ4v) is 4.66. The van der Waals surface area contributed by atoms with Gasteiger partial charge in [0, 0.05) is 32.0 Å². The molecule has 196 valence electrons. The maximum Gasteiger partial charge on any atom is 0.430 e. The molecular formula is C22H12Br2ClF6N3O3. The molecule has 0 spiro atoms. The molecule has 0 aliphatic rings. The maximum atomic E-state index is 13.2. The van der Waals surface area contributed by atoms with Gasteiger partial charge in [0.25, 0.3) is 17.4 Å². The Labute approximate surface area is 226 Å². The number of hydrogen-bond acceptors (Lipinski definition) is 4. The van der Waals surface area contributed by atoms with Crippen LogP contribution in [0.25, 0.3) is 0 Å². The first-order valence-corrected chi connectivity index (χ1v) is 11.7. The van der Waals surface area contributed by atoms with Crippen LogP contribution in [0.15, 0.2) is 63.7 Å². The predicted octanol–water partition coefficient (Wildman–Crippen LogP) is 7.08. The molecule has 6 nitrogen and oxygen atoms in total. The Kier molecular flexibility index (Phi) is 8.27. The third-order valence-electron chi connectivity index (χ3n) is 4.91. The van der Waals surface area contributed by atoms with Crippen molar-refractivity contribution in [1.82, 2.24) is 4.98 Å². The lowest BCUT2D eigenvalue weighted by atomic mass is 9.92. The SMILES string of the molecule is O=C(Nc1c(Br)cc(C(O)(C(F)(F)F)C(F)(F)F)cc1Br)c1cccc(NC(=O)c2cccnc2Cl)c1. The van der Waals surface area contributed by atoms with Gasteiger partial charge in [-0.2, -0.15) is 26.3 Å². The van der Waals surface area contributed by atoms with Crippen molar-refractivity contribution in [2.24, 2.45) is 0 Å². The summed E-state index contributed by atoms with van der Waals surface area (Å²) in [7, 11) is 0. The number of amides is 2. The lowest BCUT2D eigenvalue weighted by Crippen LogP contribution is -2.53. The number of aromatic nitrogens is 1. The number of rotatable bonds is 5. The van der Waals surface area contributed by atoms with E-state index in [2.05, 4.69) is 47.5 Å². The summed E-state index contributed by atoms with van der Waals surface area (Å²) >= 11 is 11.6. The minimum absolute atomic E-state index is 0.0138. The second kappa shape index (κ2) is 10.6. The third kappa shape index (κ3) is 5.92. The van der Waals surface area contributed by atoms with E-state index in [9.17, 15) is 41.0 Å². The Bertz CT molecular complexity index is 1330. The van der Waals surface area contributed by atoms with Crippen LogP contribution in [0, 0.1) is 0 Å². The molecule has 0 bridgehead atoms. The molecule has 3 aromatic rings. The highest BCUT2D eigenvalue weighted by Crippen LogP contribution is 2.51. The van der Waals surface area contributed by atoms with E-state index < -0.39 is 35.3 Å². The van der Waals surface area contributed by atoms with E-state index in [1.165, 1.54) is 42.6 Å². The fourth-order valence-electron chi connectivity index (χ4n) is 3.07. The van der Waals surface area contributed by atoms with Crippen molar-refractivity contribution in [3.8, 4) is 0 Å². The second-order valence-electron chi connectivity index (χ2n) is 7.35. The Morgan fingerprint density at radius 3 is 2.00 bits per heavy atom. The van der Waals surface area contributed by atoms with Gasteiger partial charge in [0.15, 0.2) is 0 Å². The molecule has 2 amide bonds. The summed E-state index contributed by atoms with van der Waals surface area (Å²) in [4.78, 5) is 29.0. The van der Waals surface area contributed by atoms with Crippen molar-refractivity contribution in [3.63, 3.8) is 0 Å². The van der Waals surface area contributed by atoms with E-state index in [0.29, 0.717) is 12.1 Å². The van der Waals surface area contributed by atoms with Gasteiger partial charge < -0.3 is 15.7 Å². The number of nitrogens with one attached hydrogen (secondary N) is 2. The molecule has 0 radical (unpaired) electrons. The Morgan fingerprint density at radius 1 is 0.865 bits per heavy atom. The molecule has 3 N–H and O–H groups in total. The van der Waals surface area contributed by atoms with E-state index in [-0.39, 0.29) is 36.6 Å². The van der Waals surface area contributed by atoms with Gasteiger partial charge >= 0.3 is 12.4 Å². The number of anilines is 2. The molecule has 0 fully saturated rings. The molecule has 0 aliphatic heterocycles. The van der Waals surface area contributed by atoms with Crippen molar-refractivity contribution in [1.29, 1.82) is 0 Å². The minimum Gasteiger partial charge on any atom is -0.369 e. The first kappa shape index (κ1) is 28.9. The first-order valence-electron chi connectivity index (χ1n) is 9.75. The Hall–Kier alpha value is -2.68. The van der Waals surface area contributed by atoms with Gasteiger partial charge in [-0.15, -0.1) is 0 Å². The number of benzene rings is 2. The summed E-state index contributed by atoms with van der Waals surface area (Å²) < 4.78 is 78.6. The third-order valence-corrected chi connectivity index (χ3v) is 6.46. The molecule has 0 unspecified atom stereocenters. The molecule has 15 heteroatoms. The molecule has 0 atom stereocenters. The number of carbonyl (C=O) groups excluding carboxylic acids is 2. The molecule has 0 saturated carbocycles. The van der Waals surface area contributed by atoms with Gasteiger partial charge in [0.1, 0.15) is 5.15 Å². The average Bonchev–Trinajstić information content (AvgIpc) is 2.79. The molecule has 0 aliphatic carbocycles. The standard InChI is InChI=1S/C22H12Br2ClF6N3O3/c23-14-8-11(20(37,21(26,27)28)22(29,30)31)9-15(24)16(14)34-18(35)10-3-1-4-12(7-10)33-19(36)13-5-2-6-32-17(13)25/h1-9,37H,(H,33,36)(H,34,35). The number of pyridine rings is 1. The van der Waals surface area contributed by atoms with Crippen LogP contribution in [-0.2, 0) is 5.60 Å². The molecule has 0 saturated heterocycles. The van der Waals surface area contributed by atoms with Crippen LogP contribution in [-0.4, -0.2) is 34.3 Å². The van der Waals surface area contributed by atoms with Gasteiger partial charge in [0.2, 0.25) is 0 Å². The number of halogens is 9. The molecule has 37 heavy (non-hydrogen) atoms. The van der Waals surface area contributed by atoms with Gasteiger partial charge in [-0.05, 0) is 74.3 Å². The number of nitrogens with zero attached hydrogens (tertiary/aromatic N) is 1. The van der Waals surface area contributed by atoms with E-state index in [4.69, 9.17) is 11.6 Å². The molecular weight excluding hydrogens is 664 g/mol. The van der Waals surface area contributed by atoms with E-state index in [1.807, 2.05) is 0 Å². The molecule has 1 heterocycles. The van der Waals surface area contributed by atoms with Crippen LogP contribution < -0.4 is 10.6 Å². The van der Waals surface area contributed by atoms with Gasteiger partial charge in [-0.3, -0.25) is 9.59 Å². The van der Waals surface area contributed by atoms with Crippen LogP contribution in [0.5, 0.6) is 0 Å². The van der Waals surface area contributed by atoms with Crippen molar-refractivity contribution in [2.75, 3.05) is 10.6 Å². The second-order valence-corrected chi connectivity index (χ2v) is 9.42. The summed E-state index contributed by atoms with van der Waals surface area (Å²) in [5.74, 6) is -1.43. The summed E-state index contributed by atoms with van der Waals surface area (Å²) in [5.41, 5.74) is -6.65. The number of carbonyl (C=O) groups is 2. The van der Waals surface area contributed by atoms with Gasteiger partial charge in [-0.1, -0.05) is 17.7 Å². The minimum atomic E-state index is -6.08. The Morgan fingerprint density at radius 2 is 1.46 bits per heavy atom. The molecule has 2 aromatic carbocycles. The van der Waals surface area contributed by atoms with Crippen molar-refractivity contribution < 1.29 is 41.0 Å². The van der Waals surface area contributed by atoms with Crippen LogP contribution in [0.1, 0.15) is 26.3 Å². The lowest BCUT2D eigenvalue weighted by molar-refractivity contribution is -0.376. The zero-order valence-electron chi connectivity index (χ0n) is 17.8. The summed E-state index contributed by atoms with van der Waals surface area (Å²) in [6.45, 7) is 0. The topological polar surface area (TPSA) is 91.3 Å². The summed E-state index contributed by atoms with van der Waals surface area (Å²) in [6.07, 6.45) is -10.8. The van der Waals surface area contributed by atoms with Crippen LogP contribution in [0.2, 0.25) is 5.15 Å².